The van der Waals surface area contributed by atoms with E-state index in [-0.39, 0.29) is 11.6 Å². The van der Waals surface area contributed by atoms with Gasteiger partial charge in [-0.25, -0.2) is 4.90 Å². The third kappa shape index (κ3) is 4.30. The first kappa shape index (κ1) is 22.4. The van der Waals surface area contributed by atoms with Crippen molar-refractivity contribution in [2.24, 2.45) is 10.3 Å². The molecule has 2 heterocycles. The highest BCUT2D eigenvalue weighted by atomic mass is 19.4. The van der Waals surface area contributed by atoms with E-state index in [2.05, 4.69) is 15.7 Å². The summed E-state index contributed by atoms with van der Waals surface area (Å²) in [5.74, 6) is -1.54. The molecule has 2 aliphatic heterocycles. The van der Waals surface area contributed by atoms with Gasteiger partial charge in [-0.1, -0.05) is 37.3 Å². The van der Waals surface area contributed by atoms with E-state index in [0.717, 1.165) is 27.6 Å². The maximum absolute atomic E-state index is 13.0. The lowest BCUT2D eigenvalue weighted by molar-refractivity contribution is -0.137. The van der Waals surface area contributed by atoms with Crippen molar-refractivity contribution in [3.63, 3.8) is 0 Å². The van der Waals surface area contributed by atoms with E-state index in [0.29, 0.717) is 5.69 Å². The second-order valence-corrected chi connectivity index (χ2v) is 8.08. The summed E-state index contributed by atoms with van der Waals surface area (Å²) in [5, 5.41) is 11.1. The third-order valence-electron chi connectivity index (χ3n) is 5.46. The van der Waals surface area contributed by atoms with Crippen LogP contribution in [0, 0.1) is 0 Å². The molecule has 0 aromatic heterocycles. The van der Waals surface area contributed by atoms with Crippen molar-refractivity contribution in [3.05, 3.63) is 59.7 Å². The Morgan fingerprint density at radius 2 is 1.79 bits per heavy atom. The van der Waals surface area contributed by atoms with Crippen molar-refractivity contribution in [3.8, 4) is 0 Å². The molecular formula is C22H20F3N5O3. The quantitative estimate of drug-likeness (QED) is 0.689. The summed E-state index contributed by atoms with van der Waals surface area (Å²) in [5.41, 5.74) is 0.484. The third-order valence-corrected chi connectivity index (χ3v) is 5.46. The van der Waals surface area contributed by atoms with Crippen LogP contribution in [0.5, 0.6) is 0 Å². The van der Waals surface area contributed by atoms with Gasteiger partial charge in [-0.2, -0.15) is 18.3 Å². The van der Waals surface area contributed by atoms with Crippen molar-refractivity contribution in [2.75, 3.05) is 16.8 Å². The maximum atomic E-state index is 13.0. The van der Waals surface area contributed by atoms with E-state index >= 15 is 0 Å². The van der Waals surface area contributed by atoms with Gasteiger partial charge in [-0.3, -0.25) is 19.4 Å². The Morgan fingerprint density at radius 3 is 2.42 bits per heavy atom. The molecule has 11 heteroatoms. The molecule has 0 bridgehead atoms. The molecule has 3 amide bonds. The number of amides is 3. The Morgan fingerprint density at radius 1 is 1.09 bits per heavy atom. The summed E-state index contributed by atoms with van der Waals surface area (Å²) < 4.78 is 38.6. The molecule has 2 atom stereocenters. The fourth-order valence-electron chi connectivity index (χ4n) is 3.74. The largest absolute Gasteiger partial charge is 0.416 e. The number of carbonyl (C=O) groups excluding carboxylic acids is 3. The predicted molar refractivity (Wildman–Crippen MR) is 112 cm³/mol. The van der Waals surface area contributed by atoms with Crippen LogP contribution in [-0.4, -0.2) is 41.4 Å². The number of anilines is 2. The lowest BCUT2D eigenvalue weighted by Gasteiger charge is -2.20. The first-order valence-corrected chi connectivity index (χ1v) is 10.2. The zero-order chi connectivity index (χ0) is 23.9. The maximum Gasteiger partial charge on any atom is 0.416 e. The van der Waals surface area contributed by atoms with E-state index < -0.39 is 48.1 Å². The van der Waals surface area contributed by atoms with Crippen LogP contribution in [-0.2, 0) is 20.6 Å². The smallest absolute Gasteiger partial charge is 0.324 e. The lowest BCUT2D eigenvalue weighted by atomic mass is 10.0. The molecule has 0 radical (unpaired) electrons. The molecular weight excluding hydrogens is 439 g/mol. The van der Waals surface area contributed by atoms with E-state index in [1.807, 2.05) is 26.0 Å². The number of nitrogens with zero attached hydrogens (tertiary/aromatic N) is 4. The van der Waals surface area contributed by atoms with Crippen LogP contribution in [0.2, 0.25) is 0 Å². The van der Waals surface area contributed by atoms with E-state index in [4.69, 9.17) is 0 Å². The molecule has 0 unspecified atom stereocenters. The minimum Gasteiger partial charge on any atom is -0.324 e. The van der Waals surface area contributed by atoms with Crippen molar-refractivity contribution in [1.29, 1.82) is 0 Å². The van der Waals surface area contributed by atoms with Gasteiger partial charge in [0.15, 0.2) is 12.1 Å². The molecule has 8 nitrogen and oxygen atoms in total. The molecule has 1 N–H and O–H groups in total. The first-order chi connectivity index (χ1) is 15.6. The molecule has 172 valence electrons. The van der Waals surface area contributed by atoms with Crippen LogP contribution < -0.4 is 10.2 Å². The SMILES string of the molecule is CC(C)c1ccc(N2C(=O)[C@H]3N=NN(CC(=O)Nc4cccc(C(F)(F)F)c4)[C@H]3C2=O)cc1. The Labute approximate surface area is 187 Å². The monoisotopic (exact) mass is 459 g/mol. The summed E-state index contributed by atoms with van der Waals surface area (Å²) in [6, 6.07) is 9.02. The van der Waals surface area contributed by atoms with Gasteiger partial charge in [0.2, 0.25) is 5.91 Å². The zero-order valence-electron chi connectivity index (χ0n) is 17.7. The highest BCUT2D eigenvalue weighted by molar-refractivity contribution is 6.25. The van der Waals surface area contributed by atoms with Gasteiger partial charge in [0, 0.05) is 5.69 Å². The average Bonchev–Trinajstić information content (AvgIpc) is 3.27. The van der Waals surface area contributed by atoms with E-state index in [1.165, 1.54) is 12.1 Å². The number of carbonyl (C=O) groups is 3. The van der Waals surface area contributed by atoms with Gasteiger partial charge < -0.3 is 5.32 Å². The summed E-state index contributed by atoms with van der Waals surface area (Å²) >= 11 is 0. The fourth-order valence-corrected chi connectivity index (χ4v) is 3.74. The number of nitrogens with one attached hydrogen (secondary N) is 1. The van der Waals surface area contributed by atoms with Gasteiger partial charge >= 0.3 is 6.18 Å². The molecule has 0 spiro atoms. The van der Waals surface area contributed by atoms with Crippen LogP contribution in [0.3, 0.4) is 0 Å². The number of hydrogen-bond donors (Lipinski definition) is 1. The van der Waals surface area contributed by atoms with Crippen LogP contribution in [0.4, 0.5) is 24.5 Å². The Kier molecular flexibility index (Phi) is 5.64. The summed E-state index contributed by atoms with van der Waals surface area (Å²) in [4.78, 5) is 39.2. The second kappa shape index (κ2) is 8.30. The van der Waals surface area contributed by atoms with Gasteiger partial charge in [-0.15, -0.1) is 0 Å². The molecule has 2 aromatic rings. The fraction of sp³-hybridized carbons (Fsp3) is 0.318. The van der Waals surface area contributed by atoms with Crippen LogP contribution >= 0.6 is 0 Å². The number of hydrogen-bond acceptors (Lipinski definition) is 6. The van der Waals surface area contributed by atoms with Crippen molar-refractivity contribution < 1.29 is 27.6 Å². The summed E-state index contributed by atoms with van der Waals surface area (Å²) in [6.07, 6.45) is -4.55. The molecule has 4 rings (SSSR count). The number of rotatable bonds is 5. The topological polar surface area (TPSA) is 94.4 Å². The van der Waals surface area contributed by atoms with Crippen molar-refractivity contribution in [2.45, 2.75) is 38.0 Å². The normalized spacial score (nSPS) is 20.1. The molecule has 0 saturated carbocycles. The Balaban J connectivity index is 1.46. The number of alkyl halides is 3. The standard InChI is InChI=1S/C22H20F3N5O3/c1-12(2)13-6-8-16(9-7-13)30-20(32)18-19(21(30)33)29(28-27-18)11-17(31)26-15-5-3-4-14(10-15)22(23,24)25/h3-10,12,18-19H,11H2,1-2H3,(H,26,31)/t18-,19+/m0/s1. The number of fused-ring (bicyclic) bond motifs is 1. The average molecular weight is 459 g/mol. The number of imide groups is 1. The molecule has 2 aliphatic rings. The van der Waals surface area contributed by atoms with Gasteiger partial charge in [0.25, 0.3) is 11.8 Å². The Hall–Kier alpha value is -3.76. The van der Waals surface area contributed by atoms with Crippen LogP contribution in [0.1, 0.15) is 30.9 Å². The molecule has 2 aromatic carbocycles. The lowest BCUT2D eigenvalue weighted by Crippen LogP contribution is -2.43. The predicted octanol–water partition coefficient (Wildman–Crippen LogP) is 3.76. The highest BCUT2D eigenvalue weighted by Gasteiger charge is 2.55. The summed E-state index contributed by atoms with van der Waals surface area (Å²) in [6.45, 7) is 3.59. The molecule has 33 heavy (non-hydrogen) atoms. The minimum atomic E-state index is -4.55. The highest BCUT2D eigenvalue weighted by Crippen LogP contribution is 2.33. The Bertz CT molecular complexity index is 1130. The van der Waals surface area contributed by atoms with Crippen LogP contribution in [0.25, 0.3) is 0 Å². The van der Waals surface area contributed by atoms with Crippen molar-refractivity contribution in [1.82, 2.24) is 5.01 Å². The first-order valence-electron chi connectivity index (χ1n) is 10.2. The zero-order valence-corrected chi connectivity index (χ0v) is 17.7. The molecule has 1 saturated heterocycles. The van der Waals surface area contributed by atoms with Gasteiger partial charge in [0.1, 0.15) is 6.54 Å². The second-order valence-electron chi connectivity index (χ2n) is 8.08. The van der Waals surface area contributed by atoms with Crippen LogP contribution in [0.15, 0.2) is 58.9 Å². The van der Waals surface area contributed by atoms with Gasteiger partial charge in [0.05, 0.1) is 11.3 Å². The van der Waals surface area contributed by atoms with Crippen molar-refractivity contribution >= 4 is 29.1 Å². The van der Waals surface area contributed by atoms with Gasteiger partial charge in [-0.05, 0) is 41.8 Å². The van der Waals surface area contributed by atoms with E-state index in [9.17, 15) is 27.6 Å². The minimum absolute atomic E-state index is 0.0526. The van der Waals surface area contributed by atoms with E-state index in [1.54, 1.807) is 12.1 Å². The number of halogens is 3. The number of benzene rings is 2. The molecule has 0 aliphatic carbocycles. The summed E-state index contributed by atoms with van der Waals surface area (Å²) in [7, 11) is 0. The molecule has 1 fully saturated rings.